The molecule has 3 rings (SSSR count). The second-order valence-electron chi connectivity index (χ2n) is 5.42. The third kappa shape index (κ3) is 3.35. The Labute approximate surface area is 122 Å². The fraction of sp³-hybridized carbons (Fsp3) is 0.471. The fourth-order valence-corrected chi connectivity index (χ4v) is 2.76. The van der Waals surface area contributed by atoms with E-state index >= 15 is 0 Å². The van der Waals surface area contributed by atoms with Crippen LogP contribution < -0.4 is 5.32 Å². The third-order valence-corrected chi connectivity index (χ3v) is 4.03. The molecule has 0 spiro atoms. The molecule has 20 heavy (non-hydrogen) atoms. The molecule has 1 atom stereocenters. The van der Waals surface area contributed by atoms with Crippen LogP contribution in [0.4, 0.5) is 0 Å². The van der Waals surface area contributed by atoms with Crippen LogP contribution in [0.5, 0.6) is 0 Å². The van der Waals surface area contributed by atoms with Crippen molar-refractivity contribution in [3.05, 3.63) is 42.2 Å². The van der Waals surface area contributed by atoms with Gasteiger partial charge in [0, 0.05) is 43.5 Å². The number of hydrogen-bond acceptors (Lipinski definition) is 3. The maximum atomic E-state index is 4.16. The zero-order valence-corrected chi connectivity index (χ0v) is 11.5. The van der Waals surface area contributed by atoms with Crippen molar-refractivity contribution in [3.63, 3.8) is 0 Å². The van der Waals surface area contributed by atoms with Crippen molar-refractivity contribution in [2.75, 3.05) is 19.6 Å². The Morgan fingerprint density at radius 1 is 1.25 bits per heavy atom. The molecule has 1 aliphatic rings. The Balaban J connectivity index is 0.00000147. The van der Waals surface area contributed by atoms with Gasteiger partial charge in [-0.05, 0) is 43.0 Å². The molecule has 2 aromatic rings. The average molecular weight is 271 g/mol. The highest BCUT2D eigenvalue weighted by Gasteiger charge is 2.16. The van der Waals surface area contributed by atoms with Crippen LogP contribution in [-0.4, -0.2) is 35.6 Å². The van der Waals surface area contributed by atoms with E-state index < -0.39 is 0 Å². The topological polar surface area (TPSA) is 28.2 Å². The van der Waals surface area contributed by atoms with E-state index in [1.165, 1.54) is 22.8 Å². The van der Waals surface area contributed by atoms with Gasteiger partial charge in [-0.1, -0.05) is 19.6 Å². The summed E-state index contributed by atoms with van der Waals surface area (Å²) in [5.41, 5.74) is 1.40. The van der Waals surface area contributed by atoms with Crippen LogP contribution in [0.3, 0.4) is 0 Å². The largest absolute Gasteiger partial charge is 0.315 e. The van der Waals surface area contributed by atoms with Crippen molar-refractivity contribution < 1.29 is 0 Å². The van der Waals surface area contributed by atoms with Crippen LogP contribution in [-0.2, 0) is 6.54 Å². The van der Waals surface area contributed by atoms with Gasteiger partial charge < -0.3 is 5.32 Å². The van der Waals surface area contributed by atoms with Crippen LogP contribution in [0, 0.1) is 0 Å². The van der Waals surface area contributed by atoms with E-state index in [-0.39, 0.29) is 7.43 Å². The summed E-state index contributed by atoms with van der Waals surface area (Å²) >= 11 is 0. The number of fused-ring (bicyclic) bond motifs is 1. The molecule has 108 valence electrons. The number of aromatic nitrogens is 1. The highest BCUT2D eigenvalue weighted by Crippen LogP contribution is 2.17. The molecule has 1 aliphatic heterocycles. The van der Waals surface area contributed by atoms with E-state index in [1.807, 2.05) is 12.4 Å². The van der Waals surface area contributed by atoms with Gasteiger partial charge in [-0.25, -0.2) is 0 Å². The van der Waals surface area contributed by atoms with E-state index in [0.717, 1.165) is 26.2 Å². The first-order valence-electron chi connectivity index (χ1n) is 7.10. The summed E-state index contributed by atoms with van der Waals surface area (Å²) in [7, 11) is 0. The van der Waals surface area contributed by atoms with Crippen LogP contribution in [0.25, 0.3) is 10.8 Å². The molecule has 1 saturated heterocycles. The highest BCUT2D eigenvalue weighted by molar-refractivity contribution is 5.81. The van der Waals surface area contributed by atoms with Gasteiger partial charge >= 0.3 is 0 Å². The summed E-state index contributed by atoms with van der Waals surface area (Å²) in [6, 6.07) is 9.45. The Morgan fingerprint density at radius 3 is 3.05 bits per heavy atom. The minimum Gasteiger partial charge on any atom is -0.315 e. The van der Waals surface area contributed by atoms with Gasteiger partial charge in [0.05, 0.1) is 0 Å². The van der Waals surface area contributed by atoms with E-state index in [1.54, 1.807) is 0 Å². The Hall–Kier alpha value is -1.45. The lowest BCUT2D eigenvalue weighted by atomic mass is 10.1. The molecule has 0 saturated carbocycles. The molecule has 2 heterocycles. The number of rotatable bonds is 2. The Kier molecular flexibility index (Phi) is 5.10. The molecule has 0 radical (unpaired) electrons. The number of pyridine rings is 1. The molecule has 0 amide bonds. The zero-order chi connectivity index (χ0) is 13.1. The maximum Gasteiger partial charge on any atom is 0.0346 e. The summed E-state index contributed by atoms with van der Waals surface area (Å²) in [6.07, 6.45) is 5.03. The van der Waals surface area contributed by atoms with Gasteiger partial charge in [0.15, 0.2) is 0 Å². The van der Waals surface area contributed by atoms with Crippen molar-refractivity contribution >= 4 is 10.8 Å². The molecule has 1 fully saturated rings. The lowest BCUT2D eigenvalue weighted by molar-refractivity contribution is 0.211. The number of nitrogens with one attached hydrogen (secondary N) is 1. The van der Waals surface area contributed by atoms with E-state index in [2.05, 4.69) is 46.4 Å². The van der Waals surface area contributed by atoms with Crippen molar-refractivity contribution in [1.29, 1.82) is 0 Å². The van der Waals surface area contributed by atoms with Gasteiger partial charge in [0.25, 0.3) is 0 Å². The van der Waals surface area contributed by atoms with Crippen molar-refractivity contribution in [1.82, 2.24) is 15.2 Å². The summed E-state index contributed by atoms with van der Waals surface area (Å²) in [5, 5.41) is 5.98. The fourth-order valence-electron chi connectivity index (χ4n) is 2.76. The average Bonchev–Trinajstić information content (AvgIpc) is 2.64. The molecular formula is C17H25N3. The first-order valence-corrected chi connectivity index (χ1v) is 7.10. The zero-order valence-electron chi connectivity index (χ0n) is 11.5. The van der Waals surface area contributed by atoms with Gasteiger partial charge in [-0.2, -0.15) is 0 Å². The summed E-state index contributed by atoms with van der Waals surface area (Å²) < 4.78 is 0. The first-order chi connectivity index (χ1) is 9.33. The molecule has 0 bridgehead atoms. The number of benzene rings is 1. The van der Waals surface area contributed by atoms with Crippen LogP contribution >= 0.6 is 0 Å². The van der Waals surface area contributed by atoms with Gasteiger partial charge in [0.1, 0.15) is 0 Å². The molecule has 1 aromatic heterocycles. The summed E-state index contributed by atoms with van der Waals surface area (Å²) in [5.74, 6) is 0. The van der Waals surface area contributed by atoms with Crippen LogP contribution in [0.15, 0.2) is 36.7 Å². The molecule has 1 aromatic carbocycles. The lowest BCUT2D eigenvalue weighted by Gasteiger charge is -2.26. The van der Waals surface area contributed by atoms with Gasteiger partial charge in [-0.15, -0.1) is 0 Å². The molecule has 1 N–H and O–H groups in total. The summed E-state index contributed by atoms with van der Waals surface area (Å²) in [6.45, 7) is 6.75. The Bertz CT molecular complexity index is 553. The maximum absolute atomic E-state index is 4.16. The summed E-state index contributed by atoms with van der Waals surface area (Å²) in [4.78, 5) is 6.74. The molecule has 0 aliphatic carbocycles. The molecule has 3 nitrogen and oxygen atoms in total. The van der Waals surface area contributed by atoms with Crippen molar-refractivity contribution in [3.8, 4) is 0 Å². The second-order valence-corrected chi connectivity index (χ2v) is 5.42. The standard InChI is InChI=1S/C16H21N3.CH4/c1-13-4-6-17-8-9-19(13)12-14-2-3-16-11-18-7-5-15(16)10-14;/h2-3,5,7,10-11,13,17H,4,6,8-9,12H2,1H3;1H4/t13-;/m1./s1. The smallest absolute Gasteiger partial charge is 0.0346 e. The van der Waals surface area contributed by atoms with Crippen LogP contribution in [0.1, 0.15) is 26.3 Å². The minimum absolute atomic E-state index is 0. The SMILES string of the molecule is C.C[C@@H]1CCNCCN1Cc1ccc2cnccc2c1. The monoisotopic (exact) mass is 271 g/mol. The Morgan fingerprint density at radius 2 is 2.15 bits per heavy atom. The molecule has 0 unspecified atom stereocenters. The first kappa shape index (κ1) is 14.9. The molecular weight excluding hydrogens is 246 g/mol. The second kappa shape index (κ2) is 6.82. The normalized spacial score (nSPS) is 20.4. The third-order valence-electron chi connectivity index (χ3n) is 4.03. The van der Waals surface area contributed by atoms with E-state index in [4.69, 9.17) is 0 Å². The number of hydrogen-bond donors (Lipinski definition) is 1. The lowest BCUT2D eigenvalue weighted by Crippen LogP contribution is -2.33. The van der Waals surface area contributed by atoms with Crippen LogP contribution in [0.2, 0.25) is 0 Å². The van der Waals surface area contributed by atoms with Crippen molar-refractivity contribution in [2.45, 2.75) is 33.4 Å². The van der Waals surface area contributed by atoms with Gasteiger partial charge in [-0.3, -0.25) is 9.88 Å². The predicted octanol–water partition coefficient (Wildman–Crippen LogP) is 3.05. The van der Waals surface area contributed by atoms with E-state index in [0.29, 0.717) is 6.04 Å². The minimum atomic E-state index is 0. The van der Waals surface area contributed by atoms with E-state index in [9.17, 15) is 0 Å². The number of nitrogens with zero attached hydrogens (tertiary/aromatic N) is 2. The quantitative estimate of drug-likeness (QED) is 0.910. The van der Waals surface area contributed by atoms with Gasteiger partial charge in [0.2, 0.25) is 0 Å². The predicted molar refractivity (Wildman–Crippen MR) is 85.8 cm³/mol. The van der Waals surface area contributed by atoms with Crippen molar-refractivity contribution in [2.24, 2.45) is 0 Å². The highest BCUT2D eigenvalue weighted by atomic mass is 15.2. The molecule has 3 heteroatoms.